The van der Waals surface area contributed by atoms with Crippen molar-refractivity contribution in [3.05, 3.63) is 106 Å². The van der Waals surface area contributed by atoms with Gasteiger partial charge in [-0.1, -0.05) is 72.8 Å². The lowest BCUT2D eigenvalue weighted by molar-refractivity contribution is -0.138. The second-order valence-corrected chi connectivity index (χ2v) is 11.1. The van der Waals surface area contributed by atoms with E-state index in [0.29, 0.717) is 25.8 Å². The smallest absolute Gasteiger partial charge is 0.304 e. The Morgan fingerprint density at radius 1 is 0.674 bits per heavy atom. The molecule has 0 amide bonds. The van der Waals surface area contributed by atoms with Crippen molar-refractivity contribution in [1.29, 1.82) is 0 Å². The quantitative estimate of drug-likeness (QED) is 0.124. The molecular formula is C33H41N3O6S. The van der Waals surface area contributed by atoms with E-state index in [1.54, 1.807) is 11.3 Å². The molecule has 4 aromatic rings. The number of rotatable bonds is 13. The highest BCUT2D eigenvalue weighted by atomic mass is 32.1. The number of benzene rings is 3. The molecule has 1 heterocycles. The molecule has 230 valence electrons. The SMILES string of the molecule is NCc1ccccc1CCCC(=O)O.N[C@@H](CC(=O)O)Cc1cccs1.N[C@H](CC(=O)O)Cc1cccc2ccccc12. The number of carboxylic acids is 3. The molecule has 0 saturated heterocycles. The molecule has 0 saturated carbocycles. The van der Waals surface area contributed by atoms with E-state index in [9.17, 15) is 14.4 Å². The van der Waals surface area contributed by atoms with Crippen molar-refractivity contribution in [2.24, 2.45) is 17.2 Å². The lowest BCUT2D eigenvalue weighted by Crippen LogP contribution is -2.26. The van der Waals surface area contributed by atoms with Gasteiger partial charge in [0.25, 0.3) is 0 Å². The summed E-state index contributed by atoms with van der Waals surface area (Å²) in [5.74, 6) is -2.42. The van der Waals surface area contributed by atoms with Crippen molar-refractivity contribution in [2.75, 3.05) is 0 Å². The largest absolute Gasteiger partial charge is 0.481 e. The van der Waals surface area contributed by atoms with Crippen LogP contribution >= 0.6 is 11.3 Å². The van der Waals surface area contributed by atoms with Gasteiger partial charge in [0.2, 0.25) is 0 Å². The predicted octanol–water partition coefficient (Wildman–Crippen LogP) is 4.83. The van der Waals surface area contributed by atoms with Crippen LogP contribution in [0.5, 0.6) is 0 Å². The Hall–Kier alpha value is -4.09. The fourth-order valence-corrected chi connectivity index (χ4v) is 5.26. The Morgan fingerprint density at radius 2 is 1.26 bits per heavy atom. The minimum absolute atomic E-state index is 0.00320. The van der Waals surface area contributed by atoms with Crippen LogP contribution in [0, 0.1) is 0 Å². The zero-order valence-corrected chi connectivity index (χ0v) is 24.9. The molecular weight excluding hydrogens is 566 g/mol. The fourth-order valence-electron chi connectivity index (χ4n) is 4.46. The second-order valence-electron chi connectivity index (χ2n) is 10.1. The Bertz CT molecular complexity index is 1420. The Labute approximate surface area is 256 Å². The number of fused-ring (bicyclic) bond motifs is 1. The van der Waals surface area contributed by atoms with Gasteiger partial charge in [-0.15, -0.1) is 11.3 Å². The van der Waals surface area contributed by atoms with Crippen LogP contribution < -0.4 is 17.2 Å². The van der Waals surface area contributed by atoms with Crippen LogP contribution in [0.15, 0.2) is 84.2 Å². The lowest BCUT2D eigenvalue weighted by Gasteiger charge is -2.11. The number of nitrogens with two attached hydrogens (primary N) is 3. The number of aryl methyl sites for hydroxylation is 1. The minimum Gasteiger partial charge on any atom is -0.481 e. The fraction of sp³-hybridized carbons (Fsp3) is 0.303. The van der Waals surface area contributed by atoms with Gasteiger partial charge in [-0.05, 0) is 64.6 Å². The maximum Gasteiger partial charge on any atom is 0.304 e. The number of hydrogen-bond acceptors (Lipinski definition) is 7. The Morgan fingerprint density at radius 3 is 1.86 bits per heavy atom. The van der Waals surface area contributed by atoms with E-state index in [1.165, 1.54) is 0 Å². The maximum absolute atomic E-state index is 10.6. The van der Waals surface area contributed by atoms with Gasteiger partial charge in [0, 0.05) is 29.9 Å². The molecule has 0 aliphatic heterocycles. The summed E-state index contributed by atoms with van der Waals surface area (Å²) in [6.07, 6.45) is 2.98. The first-order valence-corrected chi connectivity index (χ1v) is 14.9. The van der Waals surface area contributed by atoms with Crippen LogP contribution in [0.3, 0.4) is 0 Å². The van der Waals surface area contributed by atoms with E-state index in [0.717, 1.165) is 38.8 Å². The monoisotopic (exact) mass is 607 g/mol. The van der Waals surface area contributed by atoms with Crippen molar-refractivity contribution in [3.63, 3.8) is 0 Å². The van der Waals surface area contributed by atoms with Crippen LogP contribution in [0.25, 0.3) is 10.8 Å². The van der Waals surface area contributed by atoms with Gasteiger partial charge in [0.05, 0.1) is 12.8 Å². The summed E-state index contributed by atoms with van der Waals surface area (Å²) in [6.45, 7) is 0.517. The summed E-state index contributed by atoms with van der Waals surface area (Å²) < 4.78 is 0. The van der Waals surface area contributed by atoms with Crippen LogP contribution in [-0.4, -0.2) is 45.3 Å². The molecule has 9 nitrogen and oxygen atoms in total. The van der Waals surface area contributed by atoms with Crippen LogP contribution in [0.2, 0.25) is 0 Å². The summed E-state index contributed by atoms with van der Waals surface area (Å²) in [4.78, 5) is 32.3. The van der Waals surface area contributed by atoms with E-state index < -0.39 is 17.9 Å². The molecule has 1 aromatic heterocycles. The Kier molecular flexibility index (Phi) is 15.6. The highest BCUT2D eigenvalue weighted by Crippen LogP contribution is 2.20. The maximum atomic E-state index is 10.6. The molecule has 0 radical (unpaired) electrons. The molecule has 3 aromatic carbocycles. The van der Waals surface area contributed by atoms with E-state index >= 15 is 0 Å². The third-order valence-electron chi connectivity index (χ3n) is 6.45. The van der Waals surface area contributed by atoms with E-state index in [4.69, 9.17) is 32.5 Å². The van der Waals surface area contributed by atoms with Gasteiger partial charge in [0.15, 0.2) is 0 Å². The number of carbonyl (C=O) groups is 3. The zero-order chi connectivity index (χ0) is 31.6. The number of aliphatic carboxylic acids is 3. The highest BCUT2D eigenvalue weighted by Gasteiger charge is 2.11. The van der Waals surface area contributed by atoms with Crippen LogP contribution in [0.1, 0.15) is 47.3 Å². The van der Waals surface area contributed by atoms with Gasteiger partial charge in [-0.3, -0.25) is 14.4 Å². The molecule has 0 aliphatic carbocycles. The van der Waals surface area contributed by atoms with E-state index in [1.807, 2.05) is 84.2 Å². The van der Waals surface area contributed by atoms with Gasteiger partial charge >= 0.3 is 17.9 Å². The first-order chi connectivity index (χ1) is 20.6. The molecule has 4 rings (SSSR count). The van der Waals surface area contributed by atoms with E-state index in [2.05, 4.69) is 0 Å². The molecule has 0 bridgehead atoms. The molecule has 43 heavy (non-hydrogen) atoms. The molecule has 2 atom stereocenters. The van der Waals surface area contributed by atoms with Gasteiger partial charge in [-0.2, -0.15) is 0 Å². The summed E-state index contributed by atoms with van der Waals surface area (Å²) in [7, 11) is 0. The molecule has 0 aliphatic rings. The minimum atomic E-state index is -0.849. The summed E-state index contributed by atoms with van der Waals surface area (Å²) >= 11 is 1.61. The van der Waals surface area contributed by atoms with Crippen molar-refractivity contribution < 1.29 is 29.7 Å². The number of thiophene rings is 1. The first-order valence-electron chi connectivity index (χ1n) is 14.0. The molecule has 0 unspecified atom stereocenters. The summed E-state index contributed by atoms with van der Waals surface area (Å²) in [5, 5.41) is 29.9. The van der Waals surface area contributed by atoms with Crippen molar-refractivity contribution in [1.82, 2.24) is 0 Å². The van der Waals surface area contributed by atoms with Crippen molar-refractivity contribution >= 4 is 40.0 Å². The topological polar surface area (TPSA) is 190 Å². The van der Waals surface area contributed by atoms with Gasteiger partial charge in [0.1, 0.15) is 0 Å². The first kappa shape index (κ1) is 35.1. The van der Waals surface area contributed by atoms with Gasteiger partial charge < -0.3 is 32.5 Å². The highest BCUT2D eigenvalue weighted by molar-refractivity contribution is 7.09. The average molecular weight is 608 g/mol. The standard InChI is InChI=1S/C14H15NO2.C11H15NO2.C8H11NO2S/c15-12(9-14(16)17)8-11-6-3-5-10-4-1-2-7-13(10)11;12-8-10-5-2-1-4-9(10)6-3-7-11(13)14;9-6(5-8(10)11)4-7-2-1-3-12-7/h1-7,12H,8-9,15H2,(H,16,17);1-2,4-5H,3,6-8,12H2,(H,13,14);1-3,6H,4-5,9H2,(H,10,11)/t12-;;6-/m0.1/s1. The lowest BCUT2D eigenvalue weighted by atomic mass is 9.98. The average Bonchev–Trinajstić information content (AvgIpc) is 3.46. The predicted molar refractivity (Wildman–Crippen MR) is 171 cm³/mol. The van der Waals surface area contributed by atoms with Gasteiger partial charge in [-0.25, -0.2) is 0 Å². The van der Waals surface area contributed by atoms with Crippen molar-refractivity contribution in [2.45, 2.75) is 63.6 Å². The molecule has 10 heteroatoms. The zero-order valence-electron chi connectivity index (χ0n) is 24.1. The number of hydrogen-bond donors (Lipinski definition) is 6. The van der Waals surface area contributed by atoms with Crippen LogP contribution in [-0.2, 0) is 40.2 Å². The summed E-state index contributed by atoms with van der Waals surface area (Å²) in [5.41, 5.74) is 20.4. The van der Waals surface area contributed by atoms with Crippen molar-refractivity contribution in [3.8, 4) is 0 Å². The van der Waals surface area contributed by atoms with E-state index in [-0.39, 0.29) is 31.3 Å². The second kappa shape index (κ2) is 19.2. The summed E-state index contributed by atoms with van der Waals surface area (Å²) in [6, 6.07) is 25.3. The normalized spacial score (nSPS) is 11.8. The molecule has 9 N–H and O–H groups in total. The Balaban J connectivity index is 0.000000229. The molecule has 0 spiro atoms. The molecule has 0 fully saturated rings. The third-order valence-corrected chi connectivity index (χ3v) is 7.35. The number of carboxylic acid groups (broad SMARTS) is 3. The van der Waals surface area contributed by atoms with Crippen LogP contribution in [0.4, 0.5) is 0 Å². The third kappa shape index (κ3) is 14.1.